The fourth-order valence-electron chi connectivity index (χ4n) is 4.84. The first-order chi connectivity index (χ1) is 14.3. The first kappa shape index (κ1) is 21.0. The summed E-state index contributed by atoms with van der Waals surface area (Å²) >= 11 is 0. The van der Waals surface area contributed by atoms with Crippen molar-refractivity contribution >= 4 is 15.9 Å². The predicted octanol–water partition coefficient (Wildman–Crippen LogP) is 2.50. The zero-order chi connectivity index (χ0) is 21.2. The molecule has 2 fully saturated rings. The third kappa shape index (κ3) is 4.74. The first-order valence-electron chi connectivity index (χ1n) is 10.5. The van der Waals surface area contributed by atoms with Crippen molar-refractivity contribution in [3.05, 3.63) is 65.7 Å². The van der Waals surface area contributed by atoms with Crippen molar-refractivity contribution in [3.63, 3.8) is 0 Å². The Kier molecular flexibility index (Phi) is 5.95. The van der Waals surface area contributed by atoms with Gasteiger partial charge in [-0.1, -0.05) is 30.3 Å². The fraction of sp³-hybridized carbons (Fsp3) is 0.435. The van der Waals surface area contributed by atoms with Crippen LogP contribution >= 0.6 is 0 Å². The van der Waals surface area contributed by atoms with Gasteiger partial charge < -0.3 is 9.80 Å². The number of sulfonamides is 1. The van der Waals surface area contributed by atoms with Crippen LogP contribution in [0.1, 0.15) is 35.2 Å². The SMILES string of the molecule is NS(=O)(=O)c1ccc(C(=O)N2CCC3(CCCN(CCc4ccccc4)C3)C2)cc1. The minimum atomic E-state index is -3.75. The molecule has 2 N–H and O–H groups in total. The molecule has 0 aliphatic carbocycles. The van der Waals surface area contributed by atoms with Crippen molar-refractivity contribution in [1.82, 2.24) is 9.80 Å². The summed E-state index contributed by atoms with van der Waals surface area (Å²) in [6, 6.07) is 16.5. The van der Waals surface area contributed by atoms with Crippen molar-refractivity contribution < 1.29 is 13.2 Å². The van der Waals surface area contributed by atoms with Gasteiger partial charge in [0, 0.05) is 37.2 Å². The molecule has 1 spiro atoms. The second-order valence-electron chi connectivity index (χ2n) is 8.66. The van der Waals surface area contributed by atoms with Gasteiger partial charge in [-0.25, -0.2) is 13.6 Å². The highest BCUT2D eigenvalue weighted by Gasteiger charge is 2.42. The number of carbonyl (C=O) groups is 1. The predicted molar refractivity (Wildman–Crippen MR) is 117 cm³/mol. The van der Waals surface area contributed by atoms with Gasteiger partial charge in [-0.15, -0.1) is 0 Å². The van der Waals surface area contributed by atoms with Crippen LogP contribution in [-0.4, -0.2) is 56.8 Å². The van der Waals surface area contributed by atoms with Crippen molar-refractivity contribution in [2.45, 2.75) is 30.6 Å². The molecule has 2 aromatic carbocycles. The van der Waals surface area contributed by atoms with Gasteiger partial charge in [0.2, 0.25) is 10.0 Å². The number of hydrogen-bond acceptors (Lipinski definition) is 4. The van der Waals surface area contributed by atoms with E-state index in [0.717, 1.165) is 52.0 Å². The average molecular weight is 428 g/mol. The van der Waals surface area contributed by atoms with Crippen LogP contribution in [0.3, 0.4) is 0 Å². The van der Waals surface area contributed by atoms with E-state index in [4.69, 9.17) is 5.14 Å². The summed E-state index contributed by atoms with van der Waals surface area (Å²) < 4.78 is 22.8. The van der Waals surface area contributed by atoms with Crippen LogP contribution in [0.4, 0.5) is 0 Å². The van der Waals surface area contributed by atoms with E-state index < -0.39 is 10.0 Å². The number of nitrogens with zero attached hydrogens (tertiary/aromatic N) is 2. The van der Waals surface area contributed by atoms with E-state index in [2.05, 4.69) is 29.2 Å². The maximum atomic E-state index is 13.0. The van der Waals surface area contributed by atoms with Crippen LogP contribution < -0.4 is 5.14 Å². The molecule has 30 heavy (non-hydrogen) atoms. The molecule has 1 unspecified atom stereocenters. The Morgan fingerprint density at radius 2 is 1.70 bits per heavy atom. The normalized spacial score (nSPS) is 22.5. The molecular formula is C23H29N3O3S. The number of primary sulfonamides is 1. The molecule has 0 bridgehead atoms. The Labute approximate surface area is 178 Å². The molecule has 4 rings (SSSR count). The molecule has 2 aliphatic rings. The summed E-state index contributed by atoms with van der Waals surface area (Å²) in [5.74, 6) is -0.0331. The number of hydrogen-bond donors (Lipinski definition) is 1. The minimum Gasteiger partial charge on any atom is -0.338 e. The van der Waals surface area contributed by atoms with Gasteiger partial charge in [-0.05, 0) is 62.1 Å². The van der Waals surface area contributed by atoms with E-state index in [1.807, 2.05) is 11.0 Å². The van der Waals surface area contributed by atoms with Crippen molar-refractivity contribution in [1.29, 1.82) is 0 Å². The van der Waals surface area contributed by atoms with E-state index in [9.17, 15) is 13.2 Å². The third-order valence-electron chi connectivity index (χ3n) is 6.46. The summed E-state index contributed by atoms with van der Waals surface area (Å²) in [5.41, 5.74) is 2.05. The summed E-state index contributed by atoms with van der Waals surface area (Å²) in [6.07, 6.45) is 4.40. The Hall–Kier alpha value is -2.22. The summed E-state index contributed by atoms with van der Waals surface area (Å²) in [5, 5.41) is 5.15. The summed E-state index contributed by atoms with van der Waals surface area (Å²) in [7, 11) is -3.75. The highest BCUT2D eigenvalue weighted by Crippen LogP contribution is 2.39. The lowest BCUT2D eigenvalue weighted by Crippen LogP contribution is -2.46. The number of nitrogens with two attached hydrogens (primary N) is 1. The van der Waals surface area contributed by atoms with E-state index in [1.165, 1.54) is 24.1 Å². The molecule has 2 aliphatic heterocycles. The van der Waals surface area contributed by atoms with Crippen LogP contribution in [0, 0.1) is 5.41 Å². The van der Waals surface area contributed by atoms with Crippen LogP contribution in [0.2, 0.25) is 0 Å². The van der Waals surface area contributed by atoms with E-state index in [-0.39, 0.29) is 16.2 Å². The van der Waals surface area contributed by atoms with Crippen LogP contribution in [0.25, 0.3) is 0 Å². The topological polar surface area (TPSA) is 83.7 Å². The molecule has 0 saturated carbocycles. The second-order valence-corrected chi connectivity index (χ2v) is 10.2. The minimum absolute atomic E-state index is 0.0262. The van der Waals surface area contributed by atoms with Gasteiger partial charge in [-0.3, -0.25) is 4.79 Å². The number of piperidine rings is 1. The molecule has 1 amide bonds. The van der Waals surface area contributed by atoms with Crippen LogP contribution in [0.5, 0.6) is 0 Å². The Balaban J connectivity index is 1.37. The van der Waals surface area contributed by atoms with Crippen LogP contribution in [0.15, 0.2) is 59.5 Å². The molecule has 0 radical (unpaired) electrons. The lowest BCUT2D eigenvalue weighted by atomic mass is 9.79. The highest BCUT2D eigenvalue weighted by molar-refractivity contribution is 7.89. The standard InChI is InChI=1S/C23H29N3O3S/c24-30(28,29)21-9-7-20(8-10-21)22(27)26-16-13-23(18-26)12-4-14-25(17-23)15-11-19-5-2-1-3-6-19/h1-3,5-10H,4,11-18H2,(H2,24,28,29). The maximum Gasteiger partial charge on any atom is 0.253 e. The highest BCUT2D eigenvalue weighted by atomic mass is 32.2. The van der Waals surface area contributed by atoms with Gasteiger partial charge in [0.25, 0.3) is 5.91 Å². The first-order valence-corrected chi connectivity index (χ1v) is 12.1. The average Bonchev–Trinajstić information content (AvgIpc) is 3.15. The smallest absolute Gasteiger partial charge is 0.253 e. The molecular weight excluding hydrogens is 398 g/mol. The number of benzene rings is 2. The van der Waals surface area contributed by atoms with Crippen molar-refractivity contribution in [3.8, 4) is 0 Å². The molecule has 7 heteroatoms. The summed E-state index contributed by atoms with van der Waals surface area (Å²) in [6.45, 7) is 4.73. The van der Waals surface area contributed by atoms with E-state index in [1.54, 1.807) is 12.1 Å². The molecule has 2 heterocycles. The lowest BCUT2D eigenvalue weighted by Gasteiger charge is -2.40. The molecule has 6 nitrogen and oxygen atoms in total. The van der Waals surface area contributed by atoms with Crippen LogP contribution in [-0.2, 0) is 16.4 Å². The largest absolute Gasteiger partial charge is 0.338 e. The molecule has 1 atom stereocenters. The van der Waals surface area contributed by atoms with E-state index in [0.29, 0.717) is 5.56 Å². The Morgan fingerprint density at radius 3 is 2.40 bits per heavy atom. The molecule has 2 aromatic rings. The molecule has 2 saturated heterocycles. The van der Waals surface area contributed by atoms with Gasteiger partial charge in [0.15, 0.2) is 0 Å². The molecule has 160 valence electrons. The fourth-order valence-corrected chi connectivity index (χ4v) is 5.36. The summed E-state index contributed by atoms with van der Waals surface area (Å²) in [4.78, 5) is 17.5. The quantitative estimate of drug-likeness (QED) is 0.795. The number of likely N-dealkylation sites (tertiary alicyclic amines) is 2. The van der Waals surface area contributed by atoms with Gasteiger partial charge in [0.05, 0.1) is 4.90 Å². The monoisotopic (exact) mass is 427 g/mol. The number of rotatable bonds is 5. The maximum absolute atomic E-state index is 13.0. The Morgan fingerprint density at radius 1 is 0.967 bits per heavy atom. The third-order valence-corrected chi connectivity index (χ3v) is 7.38. The number of amides is 1. The van der Waals surface area contributed by atoms with Crippen molar-refractivity contribution in [2.24, 2.45) is 10.6 Å². The van der Waals surface area contributed by atoms with Crippen molar-refractivity contribution in [2.75, 3.05) is 32.7 Å². The zero-order valence-corrected chi connectivity index (χ0v) is 18.0. The van der Waals surface area contributed by atoms with Gasteiger partial charge in [0.1, 0.15) is 0 Å². The Bertz CT molecular complexity index is 992. The van der Waals surface area contributed by atoms with Gasteiger partial charge >= 0.3 is 0 Å². The van der Waals surface area contributed by atoms with Gasteiger partial charge in [-0.2, -0.15) is 0 Å². The number of carbonyl (C=O) groups excluding carboxylic acids is 1. The lowest BCUT2D eigenvalue weighted by molar-refractivity contribution is 0.0692. The zero-order valence-electron chi connectivity index (χ0n) is 17.2. The van der Waals surface area contributed by atoms with E-state index >= 15 is 0 Å². The second kappa shape index (κ2) is 8.49. The molecule has 0 aromatic heterocycles.